The van der Waals surface area contributed by atoms with E-state index in [0.29, 0.717) is 23.2 Å². The summed E-state index contributed by atoms with van der Waals surface area (Å²) in [4.78, 5) is 2.58. The summed E-state index contributed by atoms with van der Waals surface area (Å²) in [5.41, 5.74) is 6.28. The Hall–Kier alpha value is -0.630. The van der Waals surface area contributed by atoms with E-state index in [1.807, 2.05) is 0 Å². The van der Waals surface area contributed by atoms with Crippen molar-refractivity contribution in [1.29, 1.82) is 0 Å². The van der Waals surface area contributed by atoms with Crippen molar-refractivity contribution in [3.8, 4) is 0 Å². The van der Waals surface area contributed by atoms with Gasteiger partial charge in [-0.1, -0.05) is 0 Å². The fourth-order valence-corrected chi connectivity index (χ4v) is 4.94. The van der Waals surface area contributed by atoms with Crippen molar-refractivity contribution in [3.63, 3.8) is 0 Å². The van der Waals surface area contributed by atoms with Crippen LogP contribution in [0, 0.1) is 0 Å². The first-order chi connectivity index (χ1) is 9.62. The number of nitrogens with zero attached hydrogens (tertiary/aromatic N) is 2. The van der Waals surface area contributed by atoms with Gasteiger partial charge < -0.3 is 5.73 Å². The molecule has 0 spiro atoms. The largest absolute Gasteiger partial charge is 0.399 e. The van der Waals surface area contributed by atoms with Gasteiger partial charge in [-0.15, -0.1) is 0 Å². The van der Waals surface area contributed by atoms with Gasteiger partial charge in [0.1, 0.15) is 0 Å². The molecule has 2 rings (SSSR count). The maximum atomic E-state index is 12.7. The number of nitrogens with two attached hydrogens (primary N) is 1. The quantitative estimate of drug-likeness (QED) is 0.804. The Morgan fingerprint density at radius 3 is 2.19 bits per heavy atom. The molecular weight excluding hydrogens is 354 g/mol. The van der Waals surface area contributed by atoms with E-state index in [-0.39, 0.29) is 10.4 Å². The number of sulfonamides is 1. The van der Waals surface area contributed by atoms with Gasteiger partial charge in [0, 0.05) is 41.9 Å². The van der Waals surface area contributed by atoms with Gasteiger partial charge in [0.05, 0.1) is 4.90 Å². The van der Waals surface area contributed by atoms with Gasteiger partial charge in [-0.2, -0.15) is 4.31 Å². The maximum absolute atomic E-state index is 12.7. The molecule has 0 amide bonds. The standard InChI is InChI=1S/C14H22BrN3O2S/c1-14(2,3)17-6-8-18(9-7-17)21(19,20)13-5-4-11(16)10-12(13)15/h4-5,10H,6-9,16H2,1-3H3. The van der Waals surface area contributed by atoms with Crippen molar-refractivity contribution in [2.75, 3.05) is 31.9 Å². The van der Waals surface area contributed by atoms with Crippen LogP contribution in [0.5, 0.6) is 0 Å². The van der Waals surface area contributed by atoms with Gasteiger partial charge in [-0.3, -0.25) is 4.90 Å². The number of nitrogen functional groups attached to an aromatic ring is 1. The predicted octanol–water partition coefficient (Wildman–Crippen LogP) is 2.14. The molecule has 1 aliphatic rings. The maximum Gasteiger partial charge on any atom is 0.244 e. The molecule has 1 fully saturated rings. The highest BCUT2D eigenvalue weighted by molar-refractivity contribution is 9.10. The Balaban J connectivity index is 2.19. The molecule has 2 N–H and O–H groups in total. The topological polar surface area (TPSA) is 66.6 Å². The molecule has 1 aromatic rings. The summed E-state index contributed by atoms with van der Waals surface area (Å²) in [6.45, 7) is 8.95. The summed E-state index contributed by atoms with van der Waals surface area (Å²) in [6, 6.07) is 4.80. The fraction of sp³-hybridized carbons (Fsp3) is 0.571. The van der Waals surface area contributed by atoms with Crippen LogP contribution in [0.3, 0.4) is 0 Å². The van der Waals surface area contributed by atoms with Crippen molar-refractivity contribution in [1.82, 2.24) is 9.21 Å². The zero-order valence-electron chi connectivity index (χ0n) is 12.6. The Bertz CT molecular complexity index is 618. The molecule has 0 unspecified atom stereocenters. The molecule has 1 aliphatic heterocycles. The molecular formula is C14H22BrN3O2S. The van der Waals surface area contributed by atoms with Crippen molar-refractivity contribution in [3.05, 3.63) is 22.7 Å². The summed E-state index contributed by atoms with van der Waals surface area (Å²) < 4.78 is 27.5. The molecule has 1 saturated heterocycles. The van der Waals surface area contributed by atoms with Gasteiger partial charge in [0.2, 0.25) is 10.0 Å². The third kappa shape index (κ3) is 3.59. The third-order valence-corrected chi connectivity index (χ3v) is 6.64. The molecule has 21 heavy (non-hydrogen) atoms. The van der Waals surface area contributed by atoms with Gasteiger partial charge in [0.25, 0.3) is 0 Å². The van der Waals surface area contributed by atoms with E-state index >= 15 is 0 Å². The van der Waals surface area contributed by atoms with Gasteiger partial charge in [0.15, 0.2) is 0 Å². The Kier molecular flexibility index (Phi) is 4.68. The zero-order valence-corrected chi connectivity index (χ0v) is 15.0. The molecule has 0 atom stereocenters. The van der Waals surface area contributed by atoms with Crippen LogP contribution in [0.2, 0.25) is 0 Å². The number of hydrogen-bond acceptors (Lipinski definition) is 4. The lowest BCUT2D eigenvalue weighted by Gasteiger charge is -2.41. The van der Waals surface area contributed by atoms with Crippen LogP contribution in [0.25, 0.3) is 0 Å². The average molecular weight is 376 g/mol. The summed E-state index contributed by atoms with van der Waals surface area (Å²) >= 11 is 3.30. The fourth-order valence-electron chi connectivity index (χ4n) is 2.46. The van der Waals surface area contributed by atoms with E-state index in [1.165, 1.54) is 0 Å². The smallest absolute Gasteiger partial charge is 0.244 e. The highest BCUT2D eigenvalue weighted by Gasteiger charge is 2.33. The Morgan fingerprint density at radius 2 is 1.71 bits per heavy atom. The van der Waals surface area contributed by atoms with Crippen molar-refractivity contribution in [2.24, 2.45) is 0 Å². The summed E-state index contributed by atoms with van der Waals surface area (Å²) in [6.07, 6.45) is 0. The highest BCUT2D eigenvalue weighted by Crippen LogP contribution is 2.28. The Labute approximate surface area is 135 Å². The number of hydrogen-bond donors (Lipinski definition) is 1. The first-order valence-electron chi connectivity index (χ1n) is 6.92. The molecule has 7 heteroatoms. The van der Waals surface area contributed by atoms with Crippen molar-refractivity contribution < 1.29 is 8.42 Å². The van der Waals surface area contributed by atoms with E-state index in [2.05, 4.69) is 41.6 Å². The first kappa shape index (κ1) is 16.7. The van der Waals surface area contributed by atoms with Crippen LogP contribution in [0.4, 0.5) is 5.69 Å². The van der Waals surface area contributed by atoms with Crippen LogP contribution in [-0.2, 0) is 10.0 Å². The monoisotopic (exact) mass is 375 g/mol. The van der Waals surface area contributed by atoms with E-state index in [4.69, 9.17) is 5.73 Å². The molecule has 0 bridgehead atoms. The molecule has 0 aliphatic carbocycles. The number of halogens is 1. The van der Waals surface area contributed by atoms with E-state index in [9.17, 15) is 8.42 Å². The lowest BCUT2D eigenvalue weighted by molar-refractivity contribution is 0.0921. The van der Waals surface area contributed by atoms with Crippen LogP contribution in [0.15, 0.2) is 27.6 Å². The third-order valence-electron chi connectivity index (χ3n) is 3.76. The summed E-state index contributed by atoms with van der Waals surface area (Å²) in [5, 5.41) is 0. The van der Waals surface area contributed by atoms with Crippen molar-refractivity contribution >= 4 is 31.6 Å². The second-order valence-corrected chi connectivity index (χ2v) is 9.01. The van der Waals surface area contributed by atoms with Crippen LogP contribution in [-0.4, -0.2) is 49.3 Å². The average Bonchev–Trinajstić information content (AvgIpc) is 2.37. The highest BCUT2D eigenvalue weighted by atomic mass is 79.9. The number of anilines is 1. The lowest BCUT2D eigenvalue weighted by Crippen LogP contribution is -2.54. The van der Waals surface area contributed by atoms with Crippen LogP contribution >= 0.6 is 15.9 Å². The predicted molar refractivity (Wildman–Crippen MR) is 88.6 cm³/mol. The second-order valence-electron chi connectivity index (χ2n) is 6.25. The van der Waals surface area contributed by atoms with Gasteiger partial charge >= 0.3 is 0 Å². The SMILES string of the molecule is CC(C)(C)N1CCN(S(=O)(=O)c2ccc(N)cc2Br)CC1. The number of rotatable bonds is 2. The summed E-state index contributed by atoms with van der Waals surface area (Å²) in [5.74, 6) is 0. The molecule has 1 aromatic carbocycles. The number of benzene rings is 1. The van der Waals surface area contributed by atoms with Gasteiger partial charge in [-0.05, 0) is 54.9 Å². The molecule has 0 saturated carbocycles. The minimum absolute atomic E-state index is 0.0671. The van der Waals surface area contributed by atoms with E-state index < -0.39 is 10.0 Å². The van der Waals surface area contributed by atoms with E-state index in [0.717, 1.165) is 13.1 Å². The van der Waals surface area contributed by atoms with Crippen LogP contribution in [0.1, 0.15) is 20.8 Å². The first-order valence-corrected chi connectivity index (χ1v) is 9.16. The molecule has 1 heterocycles. The number of piperazine rings is 1. The van der Waals surface area contributed by atoms with E-state index in [1.54, 1.807) is 22.5 Å². The van der Waals surface area contributed by atoms with Gasteiger partial charge in [-0.25, -0.2) is 8.42 Å². The minimum atomic E-state index is -3.47. The normalized spacial score (nSPS) is 18.9. The van der Waals surface area contributed by atoms with Crippen molar-refractivity contribution in [2.45, 2.75) is 31.2 Å². The second kappa shape index (κ2) is 5.87. The molecule has 5 nitrogen and oxygen atoms in total. The minimum Gasteiger partial charge on any atom is -0.399 e. The zero-order chi connectivity index (χ0) is 15.8. The Morgan fingerprint density at radius 1 is 1.14 bits per heavy atom. The van der Waals surface area contributed by atoms with Crippen LogP contribution < -0.4 is 5.73 Å². The lowest BCUT2D eigenvalue weighted by atomic mass is 10.1. The molecule has 0 radical (unpaired) electrons. The molecule has 118 valence electrons. The molecule has 0 aromatic heterocycles. The summed E-state index contributed by atoms with van der Waals surface area (Å²) in [7, 11) is -3.47.